The molecule has 7 nitrogen and oxygen atoms in total. The van der Waals surface area contributed by atoms with E-state index >= 15 is 0 Å². The maximum Gasteiger partial charge on any atom is 0.434 e. The molecule has 0 spiro atoms. The molecule has 1 aromatic heterocycles. The highest BCUT2D eigenvalue weighted by molar-refractivity contribution is 5.34. The summed E-state index contributed by atoms with van der Waals surface area (Å²) < 4.78 is 43.4. The van der Waals surface area contributed by atoms with E-state index in [1.54, 1.807) is 0 Å². The van der Waals surface area contributed by atoms with E-state index in [1.807, 2.05) is 6.92 Å². The molecule has 1 aliphatic heterocycles. The summed E-state index contributed by atoms with van der Waals surface area (Å²) >= 11 is 0. The highest BCUT2D eigenvalue weighted by Gasteiger charge is 2.39. The van der Waals surface area contributed by atoms with Crippen LogP contribution in [0.2, 0.25) is 0 Å². The summed E-state index contributed by atoms with van der Waals surface area (Å²) in [6, 6.07) is -0.791. The van der Waals surface area contributed by atoms with Crippen molar-refractivity contribution < 1.29 is 28.1 Å². The number of aliphatic hydroxyl groups excluding tert-OH is 2. The van der Waals surface area contributed by atoms with Gasteiger partial charge in [0.2, 0.25) is 0 Å². The highest BCUT2D eigenvalue weighted by atomic mass is 19.4. The number of nitrogens with zero attached hydrogens (tertiary/aromatic N) is 2. The normalized spacial score (nSPS) is 27.9. The molecule has 1 saturated heterocycles. The van der Waals surface area contributed by atoms with Crippen LogP contribution in [0.25, 0.3) is 0 Å². The third-order valence-corrected chi connectivity index (χ3v) is 3.66. The van der Waals surface area contributed by atoms with Crippen LogP contribution >= 0.6 is 0 Å². The fourth-order valence-corrected chi connectivity index (χ4v) is 2.37. The van der Waals surface area contributed by atoms with Crippen LogP contribution in [0.4, 0.5) is 19.0 Å². The van der Waals surface area contributed by atoms with Gasteiger partial charge in [0.15, 0.2) is 5.69 Å². The van der Waals surface area contributed by atoms with E-state index in [1.165, 1.54) is 0 Å². The van der Waals surface area contributed by atoms with Crippen molar-refractivity contribution in [2.45, 2.75) is 43.9 Å². The first-order valence-electron chi connectivity index (χ1n) is 7.67. The number of hydrogen-bond acceptors (Lipinski definition) is 7. The maximum atomic E-state index is 12.6. The lowest BCUT2D eigenvalue weighted by atomic mass is 9.98. The Morgan fingerprint density at radius 2 is 2.04 bits per heavy atom. The SMILES string of the molecule is CCCNC[C@H]1OC[C@H](Nc2cncc(C(F)(F)F)n2)[C@@H](O)[C@H]1O. The molecular weight excluding hydrogens is 329 g/mol. The Hall–Kier alpha value is -1.49. The van der Waals surface area contributed by atoms with Crippen LogP contribution in [0.3, 0.4) is 0 Å². The van der Waals surface area contributed by atoms with E-state index in [4.69, 9.17) is 4.74 Å². The van der Waals surface area contributed by atoms with Crippen molar-refractivity contribution in [1.29, 1.82) is 0 Å². The Balaban J connectivity index is 1.97. The lowest BCUT2D eigenvalue weighted by Gasteiger charge is -2.38. The number of anilines is 1. The first-order valence-corrected chi connectivity index (χ1v) is 7.67. The van der Waals surface area contributed by atoms with Gasteiger partial charge in [0, 0.05) is 6.54 Å². The lowest BCUT2D eigenvalue weighted by Crippen LogP contribution is -2.58. The van der Waals surface area contributed by atoms with Gasteiger partial charge in [0.05, 0.1) is 31.1 Å². The van der Waals surface area contributed by atoms with E-state index < -0.39 is 36.2 Å². The molecule has 0 unspecified atom stereocenters. The minimum Gasteiger partial charge on any atom is -0.388 e. The summed E-state index contributed by atoms with van der Waals surface area (Å²) in [6.45, 7) is 3.15. The van der Waals surface area contributed by atoms with Crippen LogP contribution in [-0.4, -0.2) is 64.2 Å². The molecule has 1 aromatic rings. The first-order chi connectivity index (χ1) is 11.3. The van der Waals surface area contributed by atoms with Crippen molar-refractivity contribution >= 4 is 5.82 Å². The molecule has 2 heterocycles. The van der Waals surface area contributed by atoms with Crippen molar-refractivity contribution in [3.8, 4) is 0 Å². The van der Waals surface area contributed by atoms with Crippen LogP contribution in [0.15, 0.2) is 12.4 Å². The van der Waals surface area contributed by atoms with E-state index in [9.17, 15) is 23.4 Å². The zero-order valence-corrected chi connectivity index (χ0v) is 13.1. The van der Waals surface area contributed by atoms with Gasteiger partial charge in [0.1, 0.15) is 18.0 Å². The second-order valence-electron chi connectivity index (χ2n) is 5.60. The van der Waals surface area contributed by atoms with Gasteiger partial charge in [-0.3, -0.25) is 4.98 Å². The number of aliphatic hydroxyl groups is 2. The quantitative estimate of drug-likeness (QED) is 0.551. The number of nitrogens with one attached hydrogen (secondary N) is 2. The summed E-state index contributed by atoms with van der Waals surface area (Å²) in [5, 5.41) is 26.0. The molecule has 4 N–H and O–H groups in total. The van der Waals surface area contributed by atoms with E-state index in [2.05, 4.69) is 20.6 Å². The number of ether oxygens (including phenoxy) is 1. The van der Waals surface area contributed by atoms with Gasteiger partial charge in [-0.2, -0.15) is 13.2 Å². The Bertz CT molecular complexity index is 532. The second kappa shape index (κ2) is 8.06. The number of halogens is 3. The predicted molar refractivity (Wildman–Crippen MR) is 79.4 cm³/mol. The topological polar surface area (TPSA) is 99.5 Å². The Kier molecular flexibility index (Phi) is 6.33. The van der Waals surface area contributed by atoms with Crippen molar-refractivity contribution in [2.75, 3.05) is 25.0 Å². The lowest BCUT2D eigenvalue weighted by molar-refractivity contribution is -0.141. The minimum atomic E-state index is -4.61. The van der Waals surface area contributed by atoms with Crippen LogP contribution in [0.5, 0.6) is 0 Å². The minimum absolute atomic E-state index is 0.0224. The van der Waals surface area contributed by atoms with Gasteiger partial charge in [-0.15, -0.1) is 0 Å². The Morgan fingerprint density at radius 1 is 1.29 bits per heavy atom. The zero-order chi connectivity index (χ0) is 17.7. The second-order valence-corrected chi connectivity index (χ2v) is 5.60. The molecule has 4 atom stereocenters. The van der Waals surface area contributed by atoms with Crippen LogP contribution in [-0.2, 0) is 10.9 Å². The fourth-order valence-electron chi connectivity index (χ4n) is 2.37. The molecule has 10 heteroatoms. The van der Waals surface area contributed by atoms with Gasteiger partial charge < -0.3 is 25.6 Å². The largest absolute Gasteiger partial charge is 0.434 e. The van der Waals surface area contributed by atoms with Gasteiger partial charge in [-0.25, -0.2) is 4.98 Å². The molecule has 1 fully saturated rings. The van der Waals surface area contributed by atoms with Gasteiger partial charge in [-0.1, -0.05) is 6.92 Å². The predicted octanol–water partition coefficient (Wildman–Crippen LogP) is 0.396. The molecule has 0 bridgehead atoms. The number of aromatic nitrogens is 2. The molecule has 0 amide bonds. The smallest absolute Gasteiger partial charge is 0.388 e. The summed E-state index contributed by atoms with van der Waals surface area (Å²) in [5.74, 6) is -0.146. The zero-order valence-electron chi connectivity index (χ0n) is 13.1. The monoisotopic (exact) mass is 350 g/mol. The standard InChI is InChI=1S/C14H21F3N4O3/c1-2-3-18-4-9-13(23)12(22)8(7-24-9)20-11-6-19-5-10(21-11)14(15,16)17/h5-6,8-9,12-13,18,22-23H,2-4,7H2,1H3,(H,20,21)/t8-,9+,12+,13-/m0/s1. The molecule has 0 saturated carbocycles. The Labute approximate surface area is 137 Å². The van der Waals surface area contributed by atoms with Crippen LogP contribution < -0.4 is 10.6 Å². The number of hydrogen-bond donors (Lipinski definition) is 4. The molecule has 0 aromatic carbocycles. The average molecular weight is 350 g/mol. The van der Waals surface area contributed by atoms with Crippen molar-refractivity contribution in [1.82, 2.24) is 15.3 Å². The van der Waals surface area contributed by atoms with Crippen LogP contribution in [0.1, 0.15) is 19.0 Å². The maximum absolute atomic E-state index is 12.6. The third-order valence-electron chi connectivity index (χ3n) is 3.66. The summed E-state index contributed by atoms with van der Waals surface area (Å²) in [6.07, 6.45) is -4.92. The van der Waals surface area contributed by atoms with Crippen molar-refractivity contribution in [3.05, 3.63) is 18.1 Å². The van der Waals surface area contributed by atoms with Crippen LogP contribution in [0, 0.1) is 0 Å². The van der Waals surface area contributed by atoms with Crippen molar-refractivity contribution in [3.63, 3.8) is 0 Å². The Morgan fingerprint density at radius 3 is 2.71 bits per heavy atom. The summed E-state index contributed by atoms with van der Waals surface area (Å²) in [5.41, 5.74) is -1.14. The average Bonchev–Trinajstić information content (AvgIpc) is 2.54. The summed E-state index contributed by atoms with van der Waals surface area (Å²) in [7, 11) is 0. The van der Waals surface area contributed by atoms with E-state index in [0.29, 0.717) is 12.7 Å². The molecule has 0 aliphatic carbocycles. The van der Waals surface area contributed by atoms with Gasteiger partial charge in [0.25, 0.3) is 0 Å². The number of rotatable bonds is 6. The molecule has 0 radical (unpaired) electrons. The van der Waals surface area contributed by atoms with Gasteiger partial charge in [-0.05, 0) is 13.0 Å². The summed E-state index contributed by atoms with van der Waals surface area (Å²) in [4.78, 5) is 6.90. The van der Waals surface area contributed by atoms with Gasteiger partial charge >= 0.3 is 6.18 Å². The molecule has 1 aliphatic rings. The molecular formula is C14H21F3N4O3. The first kappa shape index (κ1) is 18.8. The van der Waals surface area contributed by atoms with E-state index in [0.717, 1.165) is 19.2 Å². The van der Waals surface area contributed by atoms with E-state index in [-0.39, 0.29) is 12.4 Å². The number of alkyl halides is 3. The molecule has 2 rings (SSSR count). The fraction of sp³-hybridized carbons (Fsp3) is 0.714. The van der Waals surface area contributed by atoms with Crippen molar-refractivity contribution in [2.24, 2.45) is 0 Å². The molecule has 24 heavy (non-hydrogen) atoms. The highest BCUT2D eigenvalue weighted by Crippen LogP contribution is 2.28. The third kappa shape index (κ3) is 4.76. The molecule has 136 valence electrons.